The Morgan fingerprint density at radius 1 is 0.906 bits per heavy atom. The van der Waals surface area contributed by atoms with Crippen LogP contribution in [-0.2, 0) is 4.79 Å². The lowest BCUT2D eigenvalue weighted by molar-refractivity contribution is -0.126. The smallest absolute Gasteiger partial charge is 0.237 e. The summed E-state index contributed by atoms with van der Waals surface area (Å²) in [4.78, 5) is 16.0. The van der Waals surface area contributed by atoms with Gasteiger partial charge in [-0.25, -0.2) is 0 Å². The minimum atomic E-state index is 0.00759. The fraction of sp³-hybridized carbons (Fsp3) is 0.923. The second-order valence-electron chi connectivity index (χ2n) is 11.5. The maximum absolute atomic E-state index is 13.4. The van der Waals surface area contributed by atoms with Gasteiger partial charge in [0.1, 0.15) is 0 Å². The van der Waals surface area contributed by atoms with Gasteiger partial charge in [0.15, 0.2) is 0 Å². The molecule has 4 rings (SSSR count). The Labute approximate surface area is 195 Å². The second kappa shape index (κ2) is 11.3. The van der Waals surface area contributed by atoms with E-state index in [1.165, 1.54) is 64.2 Å². The fourth-order valence-corrected chi connectivity index (χ4v) is 7.38. The van der Waals surface area contributed by atoms with Gasteiger partial charge in [0.05, 0.1) is 11.9 Å². The van der Waals surface area contributed by atoms with Crippen molar-refractivity contribution in [2.75, 3.05) is 19.6 Å². The van der Waals surface area contributed by atoms with E-state index in [-0.39, 0.29) is 17.9 Å². The number of rotatable bonds is 8. The molecule has 3 aliphatic carbocycles. The normalized spacial score (nSPS) is 36.5. The molecule has 3 saturated carbocycles. The molecule has 0 aromatic carbocycles. The Kier molecular flexibility index (Phi) is 8.49. The third-order valence-corrected chi connectivity index (χ3v) is 9.36. The Hall–Kier alpha value is -1.14. The van der Waals surface area contributed by atoms with E-state index in [4.69, 9.17) is 16.9 Å². The summed E-state index contributed by atoms with van der Waals surface area (Å²) in [5, 5.41) is 11.3. The number of nitrogens with two attached hydrogens (primary N) is 2. The van der Waals surface area contributed by atoms with Crippen molar-refractivity contribution in [1.29, 1.82) is 5.41 Å². The Morgan fingerprint density at radius 2 is 1.66 bits per heavy atom. The van der Waals surface area contributed by atoms with Gasteiger partial charge in [-0.1, -0.05) is 38.5 Å². The largest absolute Gasteiger partial charge is 0.387 e. The number of nitrogens with zero attached hydrogens (tertiary/aromatic N) is 1. The fourth-order valence-electron chi connectivity index (χ4n) is 7.38. The van der Waals surface area contributed by atoms with E-state index in [1.54, 1.807) is 0 Å². The molecule has 0 bridgehead atoms. The van der Waals surface area contributed by atoms with Crippen LogP contribution in [-0.4, -0.2) is 48.4 Å². The predicted octanol–water partition coefficient (Wildman–Crippen LogP) is 3.63. The molecular weight excluding hydrogens is 398 g/mol. The zero-order valence-electron chi connectivity index (χ0n) is 20.1. The molecule has 6 atom stereocenters. The van der Waals surface area contributed by atoms with Crippen LogP contribution in [0.4, 0.5) is 0 Å². The minimum absolute atomic E-state index is 0.00759. The maximum atomic E-state index is 13.4. The first-order valence-corrected chi connectivity index (χ1v) is 13.6. The van der Waals surface area contributed by atoms with Crippen LogP contribution >= 0.6 is 0 Å². The van der Waals surface area contributed by atoms with Gasteiger partial charge in [0.25, 0.3) is 0 Å². The standard InChI is InChI=1S/C26H47N5O/c27-16-19-7-4-8-20(13-19)17-30-26(32)24-14-21-9-10-22(25(28)29)15-23(21)31(24)12-11-18-5-2-1-3-6-18/h18-24H,1-17,27H2,(H3,28,29)(H,30,32). The van der Waals surface area contributed by atoms with E-state index in [1.807, 2.05) is 0 Å². The first kappa shape index (κ1) is 24.0. The van der Waals surface area contributed by atoms with Crippen molar-refractivity contribution in [2.24, 2.45) is 41.1 Å². The van der Waals surface area contributed by atoms with Crippen LogP contribution in [0.15, 0.2) is 0 Å². The van der Waals surface area contributed by atoms with Crippen LogP contribution in [0, 0.1) is 35.0 Å². The molecule has 6 nitrogen and oxygen atoms in total. The van der Waals surface area contributed by atoms with Crippen LogP contribution in [0.25, 0.3) is 0 Å². The molecule has 182 valence electrons. The average Bonchev–Trinajstić information content (AvgIpc) is 3.19. The molecule has 1 saturated heterocycles. The first-order valence-electron chi connectivity index (χ1n) is 13.6. The number of amides is 1. The van der Waals surface area contributed by atoms with Gasteiger partial charge in [0, 0.05) is 18.5 Å². The van der Waals surface area contributed by atoms with Gasteiger partial charge in [-0.05, 0) is 88.1 Å². The third kappa shape index (κ3) is 5.85. The number of likely N-dealkylation sites (tertiary alicyclic amines) is 1. The van der Waals surface area contributed by atoms with Crippen molar-refractivity contribution >= 4 is 11.7 Å². The van der Waals surface area contributed by atoms with E-state index in [0.29, 0.717) is 29.6 Å². The van der Waals surface area contributed by atoms with Crippen LogP contribution in [0.2, 0.25) is 0 Å². The summed E-state index contributed by atoms with van der Waals surface area (Å²) >= 11 is 0. The molecule has 0 aromatic heterocycles. The summed E-state index contributed by atoms with van der Waals surface area (Å²) in [5.74, 6) is 3.43. The van der Waals surface area contributed by atoms with E-state index < -0.39 is 0 Å². The van der Waals surface area contributed by atoms with Crippen molar-refractivity contribution in [1.82, 2.24) is 10.2 Å². The van der Waals surface area contributed by atoms with Crippen molar-refractivity contribution in [2.45, 2.75) is 102 Å². The molecule has 0 radical (unpaired) electrons. The topological polar surface area (TPSA) is 108 Å². The highest BCUT2D eigenvalue weighted by atomic mass is 16.2. The van der Waals surface area contributed by atoms with Gasteiger partial charge in [0.2, 0.25) is 5.91 Å². The second-order valence-corrected chi connectivity index (χ2v) is 11.5. The van der Waals surface area contributed by atoms with E-state index in [2.05, 4.69) is 10.2 Å². The lowest BCUT2D eigenvalue weighted by Crippen LogP contribution is -2.49. The molecule has 6 unspecified atom stereocenters. The molecule has 0 aromatic rings. The van der Waals surface area contributed by atoms with Crippen molar-refractivity contribution < 1.29 is 4.79 Å². The quantitative estimate of drug-likeness (QED) is 0.338. The summed E-state index contributed by atoms with van der Waals surface area (Å²) in [6.45, 7) is 2.63. The monoisotopic (exact) mass is 445 g/mol. The summed E-state index contributed by atoms with van der Waals surface area (Å²) < 4.78 is 0. The van der Waals surface area contributed by atoms with Gasteiger partial charge in [-0.15, -0.1) is 0 Å². The molecule has 1 amide bonds. The maximum Gasteiger partial charge on any atom is 0.237 e. The highest BCUT2D eigenvalue weighted by Crippen LogP contribution is 2.42. The number of fused-ring (bicyclic) bond motifs is 1. The summed E-state index contributed by atoms with van der Waals surface area (Å²) in [6, 6.07) is 0.432. The van der Waals surface area contributed by atoms with Crippen molar-refractivity contribution in [3.05, 3.63) is 0 Å². The Morgan fingerprint density at radius 3 is 2.41 bits per heavy atom. The van der Waals surface area contributed by atoms with E-state index in [0.717, 1.165) is 51.2 Å². The third-order valence-electron chi connectivity index (χ3n) is 9.36. The van der Waals surface area contributed by atoms with Crippen molar-refractivity contribution in [3.8, 4) is 0 Å². The molecule has 1 heterocycles. The SMILES string of the molecule is N=C(N)C1CCC2CC(C(=O)NCC3CCCC(CN)C3)N(CCC3CCCCC3)C2C1. The predicted molar refractivity (Wildman–Crippen MR) is 130 cm³/mol. The lowest BCUT2D eigenvalue weighted by atomic mass is 9.78. The first-order chi connectivity index (χ1) is 15.5. The highest BCUT2D eigenvalue weighted by Gasteiger charge is 2.47. The average molecular weight is 446 g/mol. The van der Waals surface area contributed by atoms with Gasteiger partial charge in [-0.3, -0.25) is 15.1 Å². The lowest BCUT2D eigenvalue weighted by Gasteiger charge is -2.37. The number of carbonyl (C=O) groups is 1. The molecular formula is C26H47N5O. The van der Waals surface area contributed by atoms with Gasteiger partial charge in [-0.2, -0.15) is 0 Å². The molecule has 1 aliphatic heterocycles. The minimum Gasteiger partial charge on any atom is -0.387 e. The molecule has 4 aliphatic rings. The zero-order valence-corrected chi connectivity index (χ0v) is 20.1. The Balaban J connectivity index is 1.37. The summed E-state index contributed by atoms with van der Waals surface area (Å²) in [7, 11) is 0. The number of hydrogen-bond donors (Lipinski definition) is 4. The van der Waals surface area contributed by atoms with Crippen molar-refractivity contribution in [3.63, 3.8) is 0 Å². The number of nitrogens with one attached hydrogen (secondary N) is 2. The zero-order chi connectivity index (χ0) is 22.5. The molecule has 32 heavy (non-hydrogen) atoms. The molecule has 4 fully saturated rings. The molecule has 6 N–H and O–H groups in total. The van der Waals surface area contributed by atoms with Crippen LogP contribution < -0.4 is 16.8 Å². The highest BCUT2D eigenvalue weighted by molar-refractivity contribution is 5.82. The number of amidine groups is 1. The van der Waals surface area contributed by atoms with E-state index in [9.17, 15) is 4.79 Å². The summed E-state index contributed by atoms with van der Waals surface area (Å²) in [6.07, 6.45) is 17.0. The molecule has 6 heteroatoms. The number of carbonyl (C=O) groups excluding carboxylic acids is 1. The van der Waals surface area contributed by atoms with Gasteiger partial charge < -0.3 is 16.8 Å². The van der Waals surface area contributed by atoms with Crippen LogP contribution in [0.5, 0.6) is 0 Å². The van der Waals surface area contributed by atoms with Crippen LogP contribution in [0.1, 0.15) is 89.9 Å². The van der Waals surface area contributed by atoms with E-state index >= 15 is 0 Å². The number of hydrogen-bond acceptors (Lipinski definition) is 4. The summed E-state index contributed by atoms with van der Waals surface area (Å²) in [5.41, 5.74) is 11.8. The molecule has 0 spiro atoms. The van der Waals surface area contributed by atoms with Gasteiger partial charge >= 0.3 is 0 Å². The Bertz CT molecular complexity index is 634. The van der Waals surface area contributed by atoms with Crippen LogP contribution in [0.3, 0.4) is 0 Å².